The fourth-order valence-corrected chi connectivity index (χ4v) is 7.84. The average molecular weight is 482 g/mol. The minimum absolute atomic E-state index is 0.299. The maximum atomic E-state index is 14.1. The molecule has 8 nitrogen and oxygen atoms in total. The Bertz CT molecular complexity index is 909. The normalized spacial score (nSPS) is 35.3. The number of morpholine rings is 1. The van der Waals surface area contributed by atoms with E-state index in [-0.39, 0.29) is 0 Å². The van der Waals surface area contributed by atoms with Crippen LogP contribution in [0.25, 0.3) is 0 Å². The van der Waals surface area contributed by atoms with E-state index in [0.717, 1.165) is 31.2 Å². The molecule has 33 heavy (non-hydrogen) atoms. The van der Waals surface area contributed by atoms with Gasteiger partial charge in [0.05, 0.1) is 30.8 Å². The van der Waals surface area contributed by atoms with Crippen LogP contribution < -0.4 is 0 Å². The maximum Gasteiger partial charge on any atom is 0.185 e. The van der Waals surface area contributed by atoms with Gasteiger partial charge in [0.1, 0.15) is 17.5 Å². The van der Waals surface area contributed by atoms with E-state index in [2.05, 4.69) is 4.90 Å². The Morgan fingerprint density at radius 3 is 2.42 bits per heavy atom. The van der Waals surface area contributed by atoms with Crippen molar-refractivity contribution in [3.63, 3.8) is 0 Å². The molecule has 1 saturated carbocycles. The van der Waals surface area contributed by atoms with Crippen LogP contribution >= 0.6 is 0 Å². The molecule has 1 aliphatic carbocycles. The van der Waals surface area contributed by atoms with Crippen LogP contribution in [0.1, 0.15) is 37.7 Å². The van der Waals surface area contributed by atoms with Crippen molar-refractivity contribution in [2.75, 3.05) is 40.0 Å². The van der Waals surface area contributed by atoms with E-state index < -0.39 is 45.4 Å². The van der Waals surface area contributed by atoms with E-state index in [1.807, 2.05) is 19.1 Å². The van der Waals surface area contributed by atoms with Crippen molar-refractivity contribution in [2.24, 2.45) is 0 Å². The summed E-state index contributed by atoms with van der Waals surface area (Å²) in [7, 11) is -2.17. The summed E-state index contributed by atoms with van der Waals surface area (Å²) >= 11 is 0. The second kappa shape index (κ2) is 9.53. The first-order valence-electron chi connectivity index (χ1n) is 12.1. The van der Waals surface area contributed by atoms with E-state index >= 15 is 0 Å². The van der Waals surface area contributed by atoms with Crippen molar-refractivity contribution in [3.05, 3.63) is 29.8 Å². The Balaban J connectivity index is 1.50. The Kier molecular flexibility index (Phi) is 6.83. The predicted octanol–water partition coefficient (Wildman–Crippen LogP) is 2.29. The molecule has 0 N–H and O–H groups in total. The standard InChI is InChI=1S/C24H35NO7S/c1-17-6-8-18(9-7-17)33(26,27)22-20(25-12-14-29-15-13-25)23(28-2)31-21(22)19-16-30-24(32-19)10-4-3-5-11-24/h6-9,19-23H,3-5,10-16H2,1-2H3/t19-,20+,21-,22+,23+/m1/s1. The van der Waals surface area contributed by atoms with Gasteiger partial charge in [0, 0.05) is 33.0 Å². The lowest BCUT2D eigenvalue weighted by molar-refractivity contribution is -0.207. The molecule has 9 heteroatoms. The summed E-state index contributed by atoms with van der Waals surface area (Å²) in [5.74, 6) is -0.607. The summed E-state index contributed by atoms with van der Waals surface area (Å²) in [6, 6.07) is 6.59. The number of ether oxygens (including phenoxy) is 5. The number of hydrogen-bond acceptors (Lipinski definition) is 8. The van der Waals surface area contributed by atoms with Crippen molar-refractivity contribution in [3.8, 4) is 0 Å². The first-order valence-corrected chi connectivity index (χ1v) is 13.6. The predicted molar refractivity (Wildman–Crippen MR) is 121 cm³/mol. The molecule has 1 aromatic rings. The third-order valence-corrected chi connectivity index (χ3v) is 9.69. The second-order valence-corrected chi connectivity index (χ2v) is 11.7. The first-order chi connectivity index (χ1) is 15.9. The summed E-state index contributed by atoms with van der Waals surface area (Å²) in [5, 5.41) is -0.837. The lowest BCUT2D eigenvalue weighted by Gasteiger charge is -2.37. The van der Waals surface area contributed by atoms with E-state index in [4.69, 9.17) is 23.7 Å². The molecule has 3 saturated heterocycles. The molecule has 1 spiro atoms. The highest BCUT2D eigenvalue weighted by molar-refractivity contribution is 7.92. The van der Waals surface area contributed by atoms with E-state index in [0.29, 0.717) is 37.8 Å². The quantitative estimate of drug-likeness (QED) is 0.634. The van der Waals surface area contributed by atoms with Crippen LogP contribution in [0, 0.1) is 6.92 Å². The molecule has 0 bridgehead atoms. The Hall–Kier alpha value is -1.07. The highest BCUT2D eigenvalue weighted by Gasteiger charge is 2.59. The van der Waals surface area contributed by atoms with Gasteiger partial charge in [0.25, 0.3) is 0 Å². The van der Waals surface area contributed by atoms with Crippen molar-refractivity contribution in [2.45, 2.75) is 79.5 Å². The molecule has 0 unspecified atom stereocenters. The molecule has 4 aliphatic rings. The third kappa shape index (κ3) is 4.49. The zero-order chi connectivity index (χ0) is 23.1. The van der Waals surface area contributed by atoms with Crippen molar-refractivity contribution in [1.82, 2.24) is 4.90 Å². The minimum Gasteiger partial charge on any atom is -0.379 e. The zero-order valence-corrected chi connectivity index (χ0v) is 20.3. The van der Waals surface area contributed by atoms with Crippen molar-refractivity contribution < 1.29 is 32.1 Å². The van der Waals surface area contributed by atoms with Crippen LogP contribution in [0.3, 0.4) is 0 Å². The molecule has 3 heterocycles. The lowest BCUT2D eigenvalue weighted by atomic mass is 9.94. The van der Waals surface area contributed by atoms with Crippen LogP contribution in [0.15, 0.2) is 29.2 Å². The minimum atomic E-state index is -3.75. The van der Waals surface area contributed by atoms with Gasteiger partial charge in [-0.05, 0) is 31.9 Å². The SMILES string of the molecule is CO[C@H]1O[C@H]([C@H]2COC3(CCCCC3)O2)[C@@H](S(=O)(=O)c2ccc(C)cc2)[C@@H]1N1CCOCC1. The van der Waals surface area contributed by atoms with Gasteiger partial charge in [-0.1, -0.05) is 24.1 Å². The van der Waals surface area contributed by atoms with Gasteiger partial charge in [0.15, 0.2) is 21.9 Å². The fourth-order valence-electron chi connectivity index (χ4n) is 5.75. The van der Waals surface area contributed by atoms with Gasteiger partial charge < -0.3 is 23.7 Å². The van der Waals surface area contributed by atoms with Crippen LogP contribution in [0.2, 0.25) is 0 Å². The summed E-state index contributed by atoms with van der Waals surface area (Å²) in [6.07, 6.45) is 3.14. The Labute approximate surface area is 196 Å². The van der Waals surface area contributed by atoms with Gasteiger partial charge in [-0.2, -0.15) is 0 Å². The summed E-state index contributed by atoms with van der Waals surface area (Å²) in [6.45, 7) is 4.65. The number of sulfone groups is 1. The lowest BCUT2D eigenvalue weighted by Crippen LogP contribution is -2.56. The van der Waals surface area contributed by atoms with Crippen LogP contribution in [-0.4, -0.2) is 88.9 Å². The van der Waals surface area contributed by atoms with Gasteiger partial charge in [0.2, 0.25) is 0 Å². The van der Waals surface area contributed by atoms with E-state index in [1.54, 1.807) is 19.2 Å². The van der Waals surface area contributed by atoms with E-state index in [9.17, 15) is 8.42 Å². The second-order valence-electron chi connectivity index (χ2n) is 9.61. The van der Waals surface area contributed by atoms with Crippen LogP contribution in [0.4, 0.5) is 0 Å². The number of methoxy groups -OCH3 is 1. The van der Waals surface area contributed by atoms with Crippen molar-refractivity contribution >= 4 is 9.84 Å². The van der Waals surface area contributed by atoms with Gasteiger partial charge in [-0.25, -0.2) is 8.42 Å². The molecule has 3 aliphatic heterocycles. The molecular formula is C24H35NO7S. The molecule has 0 amide bonds. The number of hydrogen-bond donors (Lipinski definition) is 0. The first kappa shape index (κ1) is 23.7. The average Bonchev–Trinajstić information content (AvgIpc) is 3.42. The maximum absolute atomic E-state index is 14.1. The molecule has 1 aromatic carbocycles. The zero-order valence-electron chi connectivity index (χ0n) is 19.5. The number of benzene rings is 1. The largest absolute Gasteiger partial charge is 0.379 e. The van der Waals surface area contributed by atoms with Gasteiger partial charge >= 0.3 is 0 Å². The topological polar surface area (TPSA) is 83.5 Å². The molecule has 0 radical (unpaired) electrons. The summed E-state index contributed by atoms with van der Waals surface area (Å²) in [4.78, 5) is 2.44. The van der Waals surface area contributed by atoms with Crippen LogP contribution in [-0.2, 0) is 33.5 Å². The highest BCUT2D eigenvalue weighted by atomic mass is 32.2. The van der Waals surface area contributed by atoms with Gasteiger partial charge in [-0.3, -0.25) is 4.90 Å². The molecule has 0 aromatic heterocycles. The molecule has 4 fully saturated rings. The molecular weight excluding hydrogens is 446 g/mol. The van der Waals surface area contributed by atoms with E-state index in [1.165, 1.54) is 6.42 Å². The number of aryl methyl sites for hydroxylation is 1. The molecule has 5 rings (SSSR count). The summed E-state index contributed by atoms with van der Waals surface area (Å²) in [5.41, 5.74) is 1.01. The Morgan fingerprint density at radius 1 is 1.06 bits per heavy atom. The highest BCUT2D eigenvalue weighted by Crippen LogP contribution is 2.43. The molecule has 5 atom stereocenters. The van der Waals surface area contributed by atoms with Crippen LogP contribution in [0.5, 0.6) is 0 Å². The number of rotatable bonds is 5. The molecule has 184 valence electrons. The smallest absolute Gasteiger partial charge is 0.185 e. The Morgan fingerprint density at radius 2 is 1.76 bits per heavy atom. The summed E-state index contributed by atoms with van der Waals surface area (Å²) < 4.78 is 58.4. The monoisotopic (exact) mass is 481 g/mol. The van der Waals surface area contributed by atoms with Crippen molar-refractivity contribution in [1.29, 1.82) is 0 Å². The fraction of sp³-hybridized carbons (Fsp3) is 0.750. The third-order valence-electron chi connectivity index (χ3n) is 7.50. The number of nitrogens with zero attached hydrogens (tertiary/aromatic N) is 1. The van der Waals surface area contributed by atoms with Gasteiger partial charge in [-0.15, -0.1) is 0 Å².